The van der Waals surface area contributed by atoms with E-state index in [-0.39, 0.29) is 30.6 Å². The number of aromatic nitrogens is 1. The lowest BCUT2D eigenvalue weighted by Crippen LogP contribution is -2.54. The average molecular weight is 545 g/mol. The van der Waals surface area contributed by atoms with Crippen molar-refractivity contribution in [2.75, 3.05) is 19.5 Å². The number of urea groups is 1. The molecular formula is C26H29ClN4O5S. The maximum Gasteiger partial charge on any atom is 0.319 e. The first-order chi connectivity index (χ1) is 17.9. The van der Waals surface area contributed by atoms with Crippen molar-refractivity contribution >= 4 is 40.6 Å². The van der Waals surface area contributed by atoms with Gasteiger partial charge in [-0.05, 0) is 37.1 Å². The first-order valence-electron chi connectivity index (χ1n) is 11.9. The van der Waals surface area contributed by atoms with Gasteiger partial charge in [0.1, 0.15) is 34.6 Å². The first kappa shape index (κ1) is 26.6. The van der Waals surface area contributed by atoms with Gasteiger partial charge in [-0.15, -0.1) is 11.3 Å². The number of benzene rings is 2. The standard InChI is InChI=1S/C26H29ClN4O5S/c1-34-19-11-17(12-20(13-19)35-2)28-26(33)31-22-6-4-3-5-21(22)30-25(32)23-15-37-24(29-23)14-36-18-9-7-16(27)8-10-18/h7-13,15,21-22H,3-6,14H2,1-2H3,(H,30,32)(H2,28,31,33)/t21-,22+/m0/s1. The molecule has 1 aliphatic carbocycles. The van der Waals surface area contributed by atoms with E-state index in [0.717, 1.165) is 25.7 Å². The van der Waals surface area contributed by atoms with Gasteiger partial charge in [0.2, 0.25) is 0 Å². The summed E-state index contributed by atoms with van der Waals surface area (Å²) in [6, 6.07) is 11.4. The van der Waals surface area contributed by atoms with Gasteiger partial charge in [-0.2, -0.15) is 0 Å². The molecule has 1 saturated carbocycles. The number of thiazole rings is 1. The molecule has 2 aromatic carbocycles. The van der Waals surface area contributed by atoms with Crippen LogP contribution in [0.15, 0.2) is 47.8 Å². The minimum Gasteiger partial charge on any atom is -0.497 e. The Morgan fingerprint density at radius 1 is 0.973 bits per heavy atom. The number of anilines is 1. The molecule has 3 aromatic rings. The fourth-order valence-electron chi connectivity index (χ4n) is 4.09. The van der Waals surface area contributed by atoms with Crippen LogP contribution < -0.4 is 30.2 Å². The molecule has 3 amide bonds. The van der Waals surface area contributed by atoms with Crippen LogP contribution in [-0.2, 0) is 6.61 Å². The third-order valence-electron chi connectivity index (χ3n) is 5.97. The molecule has 37 heavy (non-hydrogen) atoms. The van der Waals surface area contributed by atoms with Crippen molar-refractivity contribution in [2.45, 2.75) is 44.4 Å². The van der Waals surface area contributed by atoms with Crippen molar-refractivity contribution in [1.29, 1.82) is 0 Å². The Labute approximate surface area is 224 Å². The number of ether oxygens (including phenoxy) is 3. The van der Waals surface area contributed by atoms with Crippen LogP contribution in [0.5, 0.6) is 17.2 Å². The Bertz CT molecular complexity index is 1200. The van der Waals surface area contributed by atoms with Crippen LogP contribution >= 0.6 is 22.9 Å². The first-order valence-corrected chi connectivity index (χ1v) is 13.1. The number of carbonyl (C=O) groups is 2. The van der Waals surface area contributed by atoms with Gasteiger partial charge < -0.3 is 30.2 Å². The summed E-state index contributed by atoms with van der Waals surface area (Å²) >= 11 is 7.26. The van der Waals surface area contributed by atoms with E-state index in [1.165, 1.54) is 11.3 Å². The number of hydrogen-bond acceptors (Lipinski definition) is 7. The third kappa shape index (κ3) is 7.50. The van der Waals surface area contributed by atoms with Gasteiger partial charge in [0, 0.05) is 40.3 Å². The van der Waals surface area contributed by atoms with Crippen LogP contribution in [0.25, 0.3) is 0 Å². The van der Waals surface area contributed by atoms with Gasteiger partial charge in [0.05, 0.1) is 20.3 Å². The monoisotopic (exact) mass is 544 g/mol. The second kappa shape index (κ2) is 12.6. The number of nitrogens with one attached hydrogen (secondary N) is 3. The smallest absolute Gasteiger partial charge is 0.319 e. The van der Waals surface area contributed by atoms with E-state index in [1.54, 1.807) is 62.1 Å². The molecule has 0 aliphatic heterocycles. The van der Waals surface area contributed by atoms with E-state index in [2.05, 4.69) is 20.9 Å². The summed E-state index contributed by atoms with van der Waals surface area (Å²) in [6.45, 7) is 0.252. The maximum atomic E-state index is 12.9. The van der Waals surface area contributed by atoms with Gasteiger partial charge >= 0.3 is 6.03 Å². The Morgan fingerprint density at radius 3 is 2.27 bits per heavy atom. The van der Waals surface area contributed by atoms with E-state index >= 15 is 0 Å². The van der Waals surface area contributed by atoms with Crippen molar-refractivity contribution in [3.8, 4) is 17.2 Å². The molecule has 0 spiro atoms. The Morgan fingerprint density at radius 2 is 1.62 bits per heavy atom. The van der Waals surface area contributed by atoms with Crippen LogP contribution in [0.4, 0.5) is 10.5 Å². The number of nitrogens with zero attached hydrogens (tertiary/aromatic N) is 1. The zero-order chi connectivity index (χ0) is 26.2. The zero-order valence-electron chi connectivity index (χ0n) is 20.6. The number of methoxy groups -OCH3 is 2. The molecule has 4 rings (SSSR count). The molecule has 0 radical (unpaired) electrons. The molecule has 11 heteroatoms. The second-order valence-corrected chi connectivity index (χ2v) is 9.92. The van der Waals surface area contributed by atoms with Gasteiger partial charge in [-0.25, -0.2) is 9.78 Å². The SMILES string of the molecule is COc1cc(NC(=O)N[C@@H]2CCCC[C@@H]2NC(=O)c2csc(COc3ccc(Cl)cc3)n2)cc(OC)c1. The number of halogens is 1. The van der Waals surface area contributed by atoms with Crippen molar-refractivity contribution in [2.24, 2.45) is 0 Å². The van der Waals surface area contributed by atoms with E-state index < -0.39 is 0 Å². The lowest BCUT2D eigenvalue weighted by molar-refractivity contribution is 0.0911. The lowest BCUT2D eigenvalue weighted by atomic mass is 9.90. The van der Waals surface area contributed by atoms with Crippen molar-refractivity contribution < 1.29 is 23.8 Å². The summed E-state index contributed by atoms with van der Waals surface area (Å²) in [6.07, 6.45) is 3.46. The summed E-state index contributed by atoms with van der Waals surface area (Å²) in [5, 5.41) is 11.9. The van der Waals surface area contributed by atoms with Crippen molar-refractivity contribution in [3.63, 3.8) is 0 Å². The lowest BCUT2D eigenvalue weighted by Gasteiger charge is -2.32. The molecule has 1 heterocycles. The Balaban J connectivity index is 1.32. The van der Waals surface area contributed by atoms with Gasteiger partial charge in [-0.1, -0.05) is 24.4 Å². The molecule has 1 aromatic heterocycles. The summed E-state index contributed by atoms with van der Waals surface area (Å²) in [4.78, 5) is 30.1. The van der Waals surface area contributed by atoms with E-state index in [9.17, 15) is 9.59 Å². The third-order valence-corrected chi connectivity index (χ3v) is 7.04. The number of amides is 3. The minimum atomic E-state index is -0.364. The van der Waals surface area contributed by atoms with E-state index in [4.69, 9.17) is 25.8 Å². The largest absolute Gasteiger partial charge is 0.497 e. The molecule has 3 N–H and O–H groups in total. The number of rotatable bonds is 9. The fourth-order valence-corrected chi connectivity index (χ4v) is 4.90. The number of hydrogen-bond donors (Lipinski definition) is 3. The molecule has 0 bridgehead atoms. The van der Waals surface area contributed by atoms with Crippen molar-refractivity contribution in [1.82, 2.24) is 15.6 Å². The minimum absolute atomic E-state index is 0.206. The highest BCUT2D eigenvalue weighted by atomic mass is 35.5. The summed E-state index contributed by atoms with van der Waals surface area (Å²) in [5.74, 6) is 1.54. The predicted molar refractivity (Wildman–Crippen MR) is 143 cm³/mol. The molecule has 0 unspecified atom stereocenters. The highest BCUT2D eigenvalue weighted by Crippen LogP contribution is 2.26. The van der Waals surface area contributed by atoms with Crippen LogP contribution in [0, 0.1) is 0 Å². The molecule has 0 saturated heterocycles. The Hall–Kier alpha value is -3.50. The zero-order valence-corrected chi connectivity index (χ0v) is 22.2. The molecule has 2 atom stereocenters. The molecule has 1 fully saturated rings. The summed E-state index contributed by atoms with van der Waals surface area (Å²) in [7, 11) is 3.10. The summed E-state index contributed by atoms with van der Waals surface area (Å²) < 4.78 is 16.2. The fraction of sp³-hybridized carbons (Fsp3) is 0.346. The second-order valence-electron chi connectivity index (χ2n) is 8.54. The molecule has 196 valence electrons. The van der Waals surface area contributed by atoms with Crippen LogP contribution in [-0.4, -0.2) is 43.2 Å². The van der Waals surface area contributed by atoms with Crippen LogP contribution in [0.1, 0.15) is 41.2 Å². The molecule has 1 aliphatic rings. The van der Waals surface area contributed by atoms with Gasteiger partial charge in [-0.3, -0.25) is 4.79 Å². The number of carbonyl (C=O) groups excluding carboxylic acids is 2. The maximum absolute atomic E-state index is 12.9. The average Bonchev–Trinajstić information content (AvgIpc) is 3.38. The Kier molecular flexibility index (Phi) is 9.08. The molecule has 9 nitrogen and oxygen atoms in total. The van der Waals surface area contributed by atoms with E-state index in [0.29, 0.717) is 38.7 Å². The van der Waals surface area contributed by atoms with Crippen LogP contribution in [0.2, 0.25) is 5.02 Å². The quantitative estimate of drug-likeness (QED) is 0.339. The van der Waals surface area contributed by atoms with E-state index in [1.807, 2.05) is 0 Å². The predicted octanol–water partition coefficient (Wildman–Crippen LogP) is 5.26. The summed E-state index contributed by atoms with van der Waals surface area (Å²) in [5.41, 5.74) is 0.873. The highest BCUT2D eigenvalue weighted by Gasteiger charge is 2.29. The van der Waals surface area contributed by atoms with Gasteiger partial charge in [0.15, 0.2) is 0 Å². The normalized spacial score (nSPS) is 16.9. The van der Waals surface area contributed by atoms with Crippen molar-refractivity contribution in [3.05, 3.63) is 63.6 Å². The topological polar surface area (TPSA) is 111 Å². The highest BCUT2D eigenvalue weighted by molar-refractivity contribution is 7.09. The van der Waals surface area contributed by atoms with Crippen LogP contribution in [0.3, 0.4) is 0 Å². The van der Waals surface area contributed by atoms with Gasteiger partial charge in [0.25, 0.3) is 5.91 Å². The molecular weight excluding hydrogens is 516 g/mol.